The molecule has 0 amide bonds. The summed E-state index contributed by atoms with van der Waals surface area (Å²) in [6.07, 6.45) is 2.81. The maximum absolute atomic E-state index is 11.6. The van der Waals surface area contributed by atoms with Gasteiger partial charge < -0.3 is 4.74 Å². The molecule has 0 N–H and O–H groups in total. The van der Waals surface area contributed by atoms with E-state index < -0.39 is 0 Å². The van der Waals surface area contributed by atoms with Crippen LogP contribution in [0.25, 0.3) is 10.9 Å². The number of aromatic nitrogens is 2. The number of methoxy groups -OCH3 is 1. The van der Waals surface area contributed by atoms with Crippen molar-refractivity contribution < 1.29 is 9.53 Å². The highest BCUT2D eigenvalue weighted by Gasteiger charge is 2.13. The second-order valence-corrected chi connectivity index (χ2v) is 4.78. The molecule has 2 rings (SSSR count). The Kier molecular flexibility index (Phi) is 3.65. The lowest BCUT2D eigenvalue weighted by Crippen LogP contribution is -2.04. The van der Waals surface area contributed by atoms with E-state index in [1.54, 1.807) is 12.3 Å². The Morgan fingerprint density at radius 2 is 2.22 bits per heavy atom. The fourth-order valence-electron chi connectivity index (χ4n) is 1.95. The van der Waals surface area contributed by atoms with Gasteiger partial charge in [0.1, 0.15) is 0 Å². The van der Waals surface area contributed by atoms with E-state index in [1.807, 2.05) is 16.8 Å². The molecular weight excluding hydrogens is 228 g/mol. The molecule has 0 bridgehead atoms. The van der Waals surface area contributed by atoms with Gasteiger partial charge in [-0.1, -0.05) is 19.9 Å². The number of ether oxygens (including phenoxy) is 1. The summed E-state index contributed by atoms with van der Waals surface area (Å²) in [7, 11) is 1.39. The lowest BCUT2D eigenvalue weighted by atomic mass is 10.1. The number of carbonyl (C=O) groups excluding carboxylic acids is 1. The largest absolute Gasteiger partial charge is 0.465 e. The molecule has 2 aromatic rings. The van der Waals surface area contributed by atoms with E-state index in [1.165, 1.54) is 7.11 Å². The molecule has 0 aliphatic carbocycles. The highest BCUT2D eigenvalue weighted by molar-refractivity contribution is 6.03. The van der Waals surface area contributed by atoms with Gasteiger partial charge >= 0.3 is 5.97 Å². The third kappa shape index (κ3) is 2.37. The van der Waals surface area contributed by atoms with Gasteiger partial charge in [0.15, 0.2) is 0 Å². The number of benzene rings is 1. The van der Waals surface area contributed by atoms with Gasteiger partial charge in [-0.05, 0) is 24.5 Å². The third-order valence-corrected chi connectivity index (χ3v) is 3.01. The van der Waals surface area contributed by atoms with E-state index in [0.29, 0.717) is 11.5 Å². The maximum Gasteiger partial charge on any atom is 0.338 e. The fraction of sp³-hybridized carbons (Fsp3) is 0.429. The molecule has 0 unspecified atom stereocenters. The summed E-state index contributed by atoms with van der Waals surface area (Å²) in [6.45, 7) is 5.24. The Hall–Kier alpha value is -1.84. The average molecular weight is 246 g/mol. The molecule has 96 valence electrons. The van der Waals surface area contributed by atoms with E-state index >= 15 is 0 Å². The van der Waals surface area contributed by atoms with Gasteiger partial charge in [0.05, 0.1) is 24.4 Å². The highest BCUT2D eigenvalue weighted by Crippen LogP contribution is 2.20. The SMILES string of the molecule is COC(=O)c1cccc2c1cnn2CCC(C)C. The number of hydrogen-bond donors (Lipinski definition) is 0. The van der Waals surface area contributed by atoms with Crippen LogP contribution in [0.2, 0.25) is 0 Å². The Bertz CT molecular complexity index is 558. The zero-order valence-corrected chi connectivity index (χ0v) is 11.0. The van der Waals surface area contributed by atoms with Gasteiger partial charge in [0, 0.05) is 11.9 Å². The van der Waals surface area contributed by atoms with Crippen LogP contribution in [0.5, 0.6) is 0 Å². The highest BCUT2D eigenvalue weighted by atomic mass is 16.5. The molecule has 0 aliphatic heterocycles. The molecule has 0 saturated carbocycles. The minimum absolute atomic E-state index is 0.316. The first-order valence-electron chi connectivity index (χ1n) is 6.16. The number of aryl methyl sites for hydroxylation is 1. The lowest BCUT2D eigenvalue weighted by Gasteiger charge is -2.06. The van der Waals surface area contributed by atoms with Crippen LogP contribution < -0.4 is 0 Å². The van der Waals surface area contributed by atoms with Gasteiger partial charge in [-0.2, -0.15) is 5.10 Å². The van der Waals surface area contributed by atoms with Crippen LogP contribution in [-0.2, 0) is 11.3 Å². The molecule has 1 heterocycles. The molecule has 4 heteroatoms. The summed E-state index contributed by atoms with van der Waals surface area (Å²) in [4.78, 5) is 11.6. The number of esters is 1. The summed E-state index contributed by atoms with van der Waals surface area (Å²) in [5.41, 5.74) is 1.56. The van der Waals surface area contributed by atoms with Crippen molar-refractivity contribution in [2.75, 3.05) is 7.11 Å². The zero-order valence-electron chi connectivity index (χ0n) is 11.0. The normalized spacial score (nSPS) is 11.1. The van der Waals surface area contributed by atoms with Gasteiger partial charge in [-0.15, -0.1) is 0 Å². The maximum atomic E-state index is 11.6. The van der Waals surface area contributed by atoms with Crippen LogP contribution in [0, 0.1) is 5.92 Å². The minimum Gasteiger partial charge on any atom is -0.465 e. The van der Waals surface area contributed by atoms with Crippen LogP contribution in [0.15, 0.2) is 24.4 Å². The smallest absolute Gasteiger partial charge is 0.338 e. The lowest BCUT2D eigenvalue weighted by molar-refractivity contribution is 0.0603. The van der Waals surface area contributed by atoms with Gasteiger partial charge in [0.25, 0.3) is 0 Å². The van der Waals surface area contributed by atoms with Crippen LogP contribution >= 0.6 is 0 Å². The number of carbonyl (C=O) groups is 1. The topological polar surface area (TPSA) is 44.1 Å². The number of rotatable bonds is 4. The van der Waals surface area contributed by atoms with Crippen molar-refractivity contribution in [1.29, 1.82) is 0 Å². The molecule has 0 fully saturated rings. The van der Waals surface area contributed by atoms with E-state index in [0.717, 1.165) is 23.9 Å². The van der Waals surface area contributed by atoms with Crippen molar-refractivity contribution in [1.82, 2.24) is 9.78 Å². The van der Waals surface area contributed by atoms with Crippen molar-refractivity contribution in [3.63, 3.8) is 0 Å². The molecular formula is C14H18N2O2. The number of fused-ring (bicyclic) bond motifs is 1. The quantitative estimate of drug-likeness (QED) is 0.779. The molecule has 1 aromatic heterocycles. The Labute approximate surface area is 107 Å². The van der Waals surface area contributed by atoms with E-state index in [2.05, 4.69) is 18.9 Å². The van der Waals surface area contributed by atoms with Crippen LogP contribution in [-0.4, -0.2) is 22.9 Å². The van der Waals surface area contributed by atoms with Crippen molar-refractivity contribution in [2.45, 2.75) is 26.8 Å². The summed E-state index contributed by atoms with van der Waals surface area (Å²) in [5.74, 6) is 0.317. The monoisotopic (exact) mass is 246 g/mol. The van der Waals surface area contributed by atoms with Gasteiger partial charge in [-0.25, -0.2) is 4.79 Å². The Balaban J connectivity index is 2.39. The van der Waals surface area contributed by atoms with Crippen LogP contribution in [0.1, 0.15) is 30.6 Å². The molecule has 0 aliphatic rings. The standard InChI is InChI=1S/C14H18N2O2/c1-10(2)7-8-16-13-6-4-5-11(14(17)18-3)12(13)9-15-16/h4-6,9-10H,7-8H2,1-3H3. The molecule has 18 heavy (non-hydrogen) atoms. The van der Waals surface area contributed by atoms with Crippen LogP contribution in [0.4, 0.5) is 0 Å². The predicted molar refractivity (Wildman–Crippen MR) is 70.5 cm³/mol. The van der Waals surface area contributed by atoms with Crippen molar-refractivity contribution in [3.8, 4) is 0 Å². The van der Waals surface area contributed by atoms with Gasteiger partial charge in [0.2, 0.25) is 0 Å². The number of nitrogens with zero attached hydrogens (tertiary/aromatic N) is 2. The first-order valence-corrected chi connectivity index (χ1v) is 6.16. The second kappa shape index (κ2) is 5.21. The summed E-state index contributed by atoms with van der Waals surface area (Å²) >= 11 is 0. The average Bonchev–Trinajstić information content (AvgIpc) is 2.78. The summed E-state index contributed by atoms with van der Waals surface area (Å²) < 4.78 is 6.72. The first kappa shape index (κ1) is 12.6. The van der Waals surface area contributed by atoms with Crippen molar-refractivity contribution in [2.24, 2.45) is 5.92 Å². The van der Waals surface area contributed by atoms with Crippen molar-refractivity contribution >= 4 is 16.9 Å². The summed E-state index contributed by atoms with van der Waals surface area (Å²) in [6, 6.07) is 5.61. The van der Waals surface area contributed by atoms with Gasteiger partial charge in [-0.3, -0.25) is 4.68 Å². The van der Waals surface area contributed by atoms with E-state index in [9.17, 15) is 4.79 Å². The fourth-order valence-corrected chi connectivity index (χ4v) is 1.95. The van der Waals surface area contributed by atoms with E-state index in [4.69, 9.17) is 4.74 Å². The van der Waals surface area contributed by atoms with E-state index in [-0.39, 0.29) is 5.97 Å². The summed E-state index contributed by atoms with van der Waals surface area (Å²) in [5, 5.41) is 5.21. The van der Waals surface area contributed by atoms with Crippen LogP contribution in [0.3, 0.4) is 0 Å². The van der Waals surface area contributed by atoms with Crippen molar-refractivity contribution in [3.05, 3.63) is 30.0 Å². The molecule has 4 nitrogen and oxygen atoms in total. The first-order chi connectivity index (χ1) is 8.63. The number of hydrogen-bond acceptors (Lipinski definition) is 3. The minimum atomic E-state index is -0.316. The Morgan fingerprint density at radius 3 is 2.89 bits per heavy atom. The zero-order chi connectivity index (χ0) is 13.1. The third-order valence-electron chi connectivity index (χ3n) is 3.01. The predicted octanol–water partition coefficient (Wildman–Crippen LogP) is 2.87. The second-order valence-electron chi connectivity index (χ2n) is 4.78. The molecule has 0 radical (unpaired) electrons. The molecule has 0 saturated heterocycles. The molecule has 0 spiro atoms. The molecule has 0 atom stereocenters. The molecule has 1 aromatic carbocycles. The Morgan fingerprint density at radius 1 is 1.44 bits per heavy atom.